The number of furan rings is 1. The fraction of sp³-hybridized carbons (Fsp3) is 0.333. The number of hydrogen-bond donors (Lipinski definition) is 0. The molecule has 0 N–H and O–H groups in total. The average Bonchev–Trinajstić information content (AvgIpc) is 3.13. The Labute approximate surface area is 197 Å². The highest BCUT2D eigenvalue weighted by molar-refractivity contribution is 5.97. The lowest BCUT2D eigenvalue weighted by atomic mass is 10.0. The Bertz CT molecular complexity index is 1440. The van der Waals surface area contributed by atoms with Crippen LogP contribution < -0.4 is 15.3 Å². The second kappa shape index (κ2) is 8.56. The van der Waals surface area contributed by atoms with Crippen LogP contribution in [0.1, 0.15) is 22.5 Å². The number of nitrogens with zero attached hydrogens (tertiary/aromatic N) is 2. The van der Waals surface area contributed by atoms with E-state index >= 15 is 0 Å². The van der Waals surface area contributed by atoms with Crippen LogP contribution >= 0.6 is 0 Å². The first-order chi connectivity index (χ1) is 16.4. The molecule has 0 atom stereocenters. The van der Waals surface area contributed by atoms with Gasteiger partial charge in [-0.1, -0.05) is 0 Å². The van der Waals surface area contributed by atoms with Gasteiger partial charge in [-0.05, 0) is 62.2 Å². The molecule has 0 radical (unpaired) electrons. The zero-order chi connectivity index (χ0) is 24.0. The van der Waals surface area contributed by atoms with E-state index in [1.54, 1.807) is 13.2 Å². The Hall–Kier alpha value is -3.74. The van der Waals surface area contributed by atoms with Crippen molar-refractivity contribution in [2.45, 2.75) is 27.2 Å². The third-order valence-electron chi connectivity index (χ3n) is 6.98. The van der Waals surface area contributed by atoms with Crippen molar-refractivity contribution in [1.82, 2.24) is 4.90 Å². The van der Waals surface area contributed by atoms with E-state index < -0.39 is 5.63 Å². The Morgan fingerprint density at radius 3 is 2.24 bits per heavy atom. The summed E-state index contributed by atoms with van der Waals surface area (Å²) >= 11 is 0. The van der Waals surface area contributed by atoms with Crippen molar-refractivity contribution in [3.63, 3.8) is 0 Å². The Morgan fingerprint density at radius 2 is 1.56 bits per heavy atom. The third-order valence-corrected chi connectivity index (χ3v) is 6.98. The molecule has 2 aromatic heterocycles. The molecule has 3 heterocycles. The first-order valence-corrected chi connectivity index (χ1v) is 11.5. The van der Waals surface area contributed by atoms with Crippen LogP contribution in [-0.2, 0) is 11.2 Å². The van der Waals surface area contributed by atoms with Crippen molar-refractivity contribution in [2.24, 2.45) is 0 Å². The van der Waals surface area contributed by atoms with Gasteiger partial charge in [-0.15, -0.1) is 0 Å². The SMILES string of the molecule is COc1ccc(N2CCN(C(=O)Cc3c(C)c4cc5c(C)c(C)oc5cc4oc3=O)CC2)cc1. The van der Waals surface area contributed by atoms with Gasteiger partial charge in [-0.2, -0.15) is 0 Å². The van der Waals surface area contributed by atoms with Crippen LogP contribution in [0.2, 0.25) is 0 Å². The van der Waals surface area contributed by atoms with E-state index in [1.165, 1.54) is 0 Å². The number of ether oxygens (including phenoxy) is 1. The molecule has 4 aromatic rings. The second-order valence-corrected chi connectivity index (χ2v) is 8.86. The number of rotatable bonds is 4. The molecule has 0 unspecified atom stereocenters. The van der Waals surface area contributed by atoms with E-state index in [9.17, 15) is 9.59 Å². The summed E-state index contributed by atoms with van der Waals surface area (Å²) in [5.41, 5.74) is 4.10. The molecule has 1 aliphatic rings. The minimum Gasteiger partial charge on any atom is -0.497 e. The second-order valence-electron chi connectivity index (χ2n) is 8.86. The highest BCUT2D eigenvalue weighted by Gasteiger charge is 2.24. The van der Waals surface area contributed by atoms with Crippen LogP contribution in [0.3, 0.4) is 0 Å². The molecular weight excluding hydrogens is 432 g/mol. The summed E-state index contributed by atoms with van der Waals surface area (Å²) in [6, 6.07) is 11.7. The number of methoxy groups -OCH3 is 1. The van der Waals surface area contributed by atoms with Gasteiger partial charge in [-0.3, -0.25) is 4.79 Å². The predicted molar refractivity (Wildman–Crippen MR) is 132 cm³/mol. The topological polar surface area (TPSA) is 76.1 Å². The molecule has 34 heavy (non-hydrogen) atoms. The largest absolute Gasteiger partial charge is 0.497 e. The van der Waals surface area contributed by atoms with E-state index in [0.29, 0.717) is 29.8 Å². The smallest absolute Gasteiger partial charge is 0.340 e. The van der Waals surface area contributed by atoms with Crippen LogP contribution in [0, 0.1) is 20.8 Å². The monoisotopic (exact) mass is 460 g/mol. The van der Waals surface area contributed by atoms with Gasteiger partial charge in [0, 0.05) is 48.7 Å². The van der Waals surface area contributed by atoms with Gasteiger partial charge in [0.1, 0.15) is 22.7 Å². The van der Waals surface area contributed by atoms with E-state index in [-0.39, 0.29) is 12.3 Å². The van der Waals surface area contributed by atoms with Gasteiger partial charge < -0.3 is 23.4 Å². The summed E-state index contributed by atoms with van der Waals surface area (Å²) in [6.45, 7) is 8.51. The summed E-state index contributed by atoms with van der Waals surface area (Å²) < 4.78 is 16.6. The molecule has 1 amide bonds. The lowest BCUT2D eigenvalue weighted by Crippen LogP contribution is -2.49. The quantitative estimate of drug-likeness (QED) is 0.421. The van der Waals surface area contributed by atoms with E-state index in [0.717, 1.165) is 52.2 Å². The summed E-state index contributed by atoms with van der Waals surface area (Å²) in [7, 11) is 1.65. The first kappa shape index (κ1) is 22.1. The van der Waals surface area contributed by atoms with Crippen LogP contribution in [0.4, 0.5) is 5.69 Å². The van der Waals surface area contributed by atoms with Crippen LogP contribution in [0.15, 0.2) is 50.0 Å². The summed E-state index contributed by atoms with van der Waals surface area (Å²) in [5.74, 6) is 1.61. The van der Waals surface area contributed by atoms with Crippen molar-refractivity contribution < 1.29 is 18.4 Å². The van der Waals surface area contributed by atoms with Crippen LogP contribution in [-0.4, -0.2) is 44.1 Å². The van der Waals surface area contributed by atoms with Gasteiger partial charge in [0.2, 0.25) is 5.91 Å². The summed E-state index contributed by atoms with van der Waals surface area (Å²) in [6.07, 6.45) is 0.0358. The molecule has 7 heteroatoms. The predicted octanol–water partition coefficient (Wildman–Crippen LogP) is 4.36. The number of aryl methyl sites for hydroxylation is 3. The summed E-state index contributed by atoms with van der Waals surface area (Å²) in [4.78, 5) is 30.0. The number of anilines is 1. The van der Waals surface area contributed by atoms with Crippen LogP contribution in [0.25, 0.3) is 21.9 Å². The standard InChI is InChI=1S/C27H28N2O5/c1-16-18(3)33-24-15-25-22(13-21(16)24)17(2)23(27(31)34-25)14-26(30)29-11-9-28(10-12-29)19-5-7-20(32-4)8-6-19/h5-8,13,15H,9-12,14H2,1-4H3. The number of benzene rings is 2. The minimum atomic E-state index is -0.463. The van der Waals surface area contributed by atoms with Crippen molar-refractivity contribution in [2.75, 3.05) is 38.2 Å². The molecule has 2 aromatic carbocycles. The molecule has 0 bridgehead atoms. The van der Waals surface area contributed by atoms with Crippen molar-refractivity contribution in [3.05, 3.63) is 69.3 Å². The van der Waals surface area contributed by atoms with E-state index in [1.807, 2.05) is 56.0 Å². The van der Waals surface area contributed by atoms with E-state index in [2.05, 4.69) is 4.90 Å². The number of amides is 1. The van der Waals surface area contributed by atoms with Gasteiger partial charge in [-0.25, -0.2) is 4.79 Å². The van der Waals surface area contributed by atoms with Gasteiger partial charge in [0.15, 0.2) is 0 Å². The molecule has 0 spiro atoms. The summed E-state index contributed by atoms with van der Waals surface area (Å²) in [5, 5.41) is 1.83. The Balaban J connectivity index is 1.34. The zero-order valence-corrected chi connectivity index (χ0v) is 19.9. The van der Waals surface area contributed by atoms with Crippen molar-refractivity contribution >= 4 is 33.5 Å². The van der Waals surface area contributed by atoms with Crippen molar-refractivity contribution in [3.8, 4) is 5.75 Å². The van der Waals surface area contributed by atoms with E-state index in [4.69, 9.17) is 13.6 Å². The maximum Gasteiger partial charge on any atom is 0.340 e. The minimum absolute atomic E-state index is 0.0358. The number of carbonyl (C=O) groups excluding carboxylic acids is 1. The van der Waals surface area contributed by atoms with Gasteiger partial charge >= 0.3 is 5.63 Å². The lowest BCUT2D eigenvalue weighted by Gasteiger charge is -2.36. The third kappa shape index (κ3) is 3.81. The molecule has 176 valence electrons. The zero-order valence-electron chi connectivity index (χ0n) is 19.9. The maximum atomic E-state index is 13.1. The fourth-order valence-electron chi connectivity index (χ4n) is 4.70. The molecule has 5 rings (SSSR count). The molecule has 0 aliphatic carbocycles. The maximum absolute atomic E-state index is 13.1. The van der Waals surface area contributed by atoms with Crippen molar-refractivity contribution in [1.29, 1.82) is 0 Å². The Kier molecular flexibility index (Phi) is 5.55. The highest BCUT2D eigenvalue weighted by Crippen LogP contribution is 2.31. The first-order valence-electron chi connectivity index (χ1n) is 11.5. The molecule has 1 saturated heterocycles. The molecular formula is C27H28N2O5. The molecule has 1 aliphatic heterocycles. The number of hydrogen-bond acceptors (Lipinski definition) is 6. The molecule has 1 fully saturated rings. The Morgan fingerprint density at radius 1 is 0.912 bits per heavy atom. The highest BCUT2D eigenvalue weighted by atomic mass is 16.5. The average molecular weight is 461 g/mol. The number of fused-ring (bicyclic) bond motifs is 2. The number of piperazine rings is 1. The van der Waals surface area contributed by atoms with Gasteiger partial charge in [0.25, 0.3) is 0 Å². The fourth-order valence-corrected chi connectivity index (χ4v) is 4.70. The lowest BCUT2D eigenvalue weighted by molar-refractivity contribution is -0.130. The molecule has 0 saturated carbocycles. The molecule has 7 nitrogen and oxygen atoms in total. The van der Waals surface area contributed by atoms with Gasteiger partial charge in [0.05, 0.1) is 19.1 Å². The normalized spacial score (nSPS) is 14.2. The number of carbonyl (C=O) groups is 1. The van der Waals surface area contributed by atoms with Crippen LogP contribution in [0.5, 0.6) is 5.75 Å².